The molecule has 2 unspecified atom stereocenters. The minimum absolute atomic E-state index is 0.163. The van der Waals surface area contributed by atoms with E-state index in [2.05, 4.69) is 12.2 Å². The van der Waals surface area contributed by atoms with Crippen LogP contribution in [-0.4, -0.2) is 38.4 Å². The summed E-state index contributed by atoms with van der Waals surface area (Å²) in [5.41, 5.74) is -0.526. The zero-order valence-electron chi connectivity index (χ0n) is 12.7. The van der Waals surface area contributed by atoms with Crippen LogP contribution in [0.4, 0.5) is 0 Å². The number of nitrogens with one attached hydrogen (secondary N) is 1. The van der Waals surface area contributed by atoms with Crippen LogP contribution in [0.15, 0.2) is 0 Å². The molecule has 4 heteroatoms. The first-order chi connectivity index (χ1) is 9.18. The number of carbonyl (C=O) groups excluding carboxylic acids is 1. The molecular weight excluding hydrogens is 242 g/mol. The lowest BCUT2D eigenvalue weighted by Crippen LogP contribution is -2.49. The highest BCUT2D eigenvalue weighted by Gasteiger charge is 2.45. The molecule has 1 saturated carbocycles. The first-order valence-corrected chi connectivity index (χ1v) is 7.57. The van der Waals surface area contributed by atoms with Crippen molar-refractivity contribution in [2.24, 2.45) is 0 Å². The molecule has 0 aromatic heterocycles. The lowest BCUT2D eigenvalue weighted by Gasteiger charge is -2.25. The smallest absolute Gasteiger partial charge is 0.326 e. The standard InChI is InChI=1S/C15H29NO3/c1-4-5-6-7-8-11-19-13-9-10-15(12-13,16-2)14(17)18-3/h13,16H,4-12H2,1-3H3. The Morgan fingerprint density at radius 2 is 2.05 bits per heavy atom. The van der Waals surface area contributed by atoms with E-state index in [0.29, 0.717) is 0 Å². The molecule has 0 heterocycles. The highest BCUT2D eigenvalue weighted by molar-refractivity contribution is 5.81. The van der Waals surface area contributed by atoms with E-state index in [1.807, 2.05) is 7.05 Å². The van der Waals surface area contributed by atoms with Crippen LogP contribution in [0.2, 0.25) is 0 Å². The van der Waals surface area contributed by atoms with E-state index in [1.54, 1.807) is 0 Å². The average molecular weight is 271 g/mol. The largest absolute Gasteiger partial charge is 0.468 e. The minimum atomic E-state index is -0.526. The van der Waals surface area contributed by atoms with Crippen molar-refractivity contribution in [2.45, 2.75) is 69.9 Å². The van der Waals surface area contributed by atoms with Crippen molar-refractivity contribution in [3.63, 3.8) is 0 Å². The predicted molar refractivity (Wildman–Crippen MR) is 76.2 cm³/mol. The van der Waals surface area contributed by atoms with Crippen LogP contribution in [0.5, 0.6) is 0 Å². The van der Waals surface area contributed by atoms with Crippen molar-refractivity contribution >= 4 is 5.97 Å². The van der Waals surface area contributed by atoms with Crippen molar-refractivity contribution in [3.05, 3.63) is 0 Å². The van der Waals surface area contributed by atoms with E-state index in [0.717, 1.165) is 32.3 Å². The van der Waals surface area contributed by atoms with Gasteiger partial charge in [-0.1, -0.05) is 32.6 Å². The van der Waals surface area contributed by atoms with Crippen molar-refractivity contribution in [2.75, 3.05) is 20.8 Å². The van der Waals surface area contributed by atoms with Gasteiger partial charge in [0.25, 0.3) is 0 Å². The third-order valence-electron chi connectivity index (χ3n) is 4.13. The summed E-state index contributed by atoms with van der Waals surface area (Å²) in [7, 11) is 3.27. The van der Waals surface area contributed by atoms with Gasteiger partial charge in [-0.2, -0.15) is 0 Å². The second-order valence-electron chi connectivity index (χ2n) is 5.47. The van der Waals surface area contributed by atoms with Gasteiger partial charge in [-0.05, 0) is 26.3 Å². The van der Waals surface area contributed by atoms with Crippen LogP contribution in [0, 0.1) is 0 Å². The van der Waals surface area contributed by atoms with E-state index in [9.17, 15) is 4.79 Å². The zero-order valence-corrected chi connectivity index (χ0v) is 12.7. The van der Waals surface area contributed by atoms with Crippen LogP contribution >= 0.6 is 0 Å². The van der Waals surface area contributed by atoms with Crippen molar-refractivity contribution < 1.29 is 14.3 Å². The summed E-state index contributed by atoms with van der Waals surface area (Å²) in [6.45, 7) is 3.04. The van der Waals surface area contributed by atoms with E-state index >= 15 is 0 Å². The van der Waals surface area contributed by atoms with Gasteiger partial charge < -0.3 is 14.8 Å². The number of carbonyl (C=O) groups is 1. The van der Waals surface area contributed by atoms with E-state index in [-0.39, 0.29) is 12.1 Å². The molecule has 0 amide bonds. The number of rotatable bonds is 9. The Hall–Kier alpha value is -0.610. The van der Waals surface area contributed by atoms with Gasteiger partial charge in [0.05, 0.1) is 13.2 Å². The molecule has 0 aromatic carbocycles. The molecule has 0 bridgehead atoms. The minimum Gasteiger partial charge on any atom is -0.468 e. The lowest BCUT2D eigenvalue weighted by atomic mass is 9.98. The molecule has 1 aliphatic carbocycles. The summed E-state index contributed by atoms with van der Waals surface area (Å²) in [5, 5.41) is 3.12. The summed E-state index contributed by atoms with van der Waals surface area (Å²) in [6, 6.07) is 0. The van der Waals surface area contributed by atoms with Crippen molar-refractivity contribution in [3.8, 4) is 0 Å². The first-order valence-electron chi connectivity index (χ1n) is 7.57. The molecular formula is C15H29NO3. The first kappa shape index (κ1) is 16.4. The van der Waals surface area contributed by atoms with Crippen LogP contribution < -0.4 is 5.32 Å². The summed E-state index contributed by atoms with van der Waals surface area (Å²) in [6.07, 6.45) is 8.91. The molecule has 0 saturated heterocycles. The Labute approximate surface area is 117 Å². The summed E-state index contributed by atoms with van der Waals surface area (Å²) in [4.78, 5) is 11.8. The Bertz CT molecular complexity index is 270. The normalized spacial score (nSPS) is 26.6. The topological polar surface area (TPSA) is 47.6 Å². The van der Waals surface area contributed by atoms with E-state index in [1.165, 1.54) is 32.8 Å². The molecule has 112 valence electrons. The predicted octanol–water partition coefficient (Wildman–Crippen LogP) is 2.66. The quantitative estimate of drug-likeness (QED) is 0.517. The van der Waals surface area contributed by atoms with Gasteiger partial charge in [0.15, 0.2) is 0 Å². The molecule has 1 fully saturated rings. The van der Waals surface area contributed by atoms with Gasteiger partial charge in [-0.15, -0.1) is 0 Å². The van der Waals surface area contributed by atoms with Crippen LogP contribution in [-0.2, 0) is 14.3 Å². The number of unbranched alkanes of at least 4 members (excludes halogenated alkanes) is 4. The fourth-order valence-corrected chi connectivity index (χ4v) is 2.81. The van der Waals surface area contributed by atoms with Gasteiger partial charge in [0.1, 0.15) is 5.54 Å². The number of likely N-dealkylation sites (N-methyl/N-ethyl adjacent to an activating group) is 1. The fourth-order valence-electron chi connectivity index (χ4n) is 2.81. The number of methoxy groups -OCH3 is 1. The van der Waals surface area contributed by atoms with Gasteiger partial charge in [0.2, 0.25) is 0 Å². The van der Waals surface area contributed by atoms with Crippen LogP contribution in [0.1, 0.15) is 58.3 Å². The monoisotopic (exact) mass is 271 g/mol. The molecule has 1 aliphatic rings. The maximum Gasteiger partial charge on any atom is 0.326 e. The van der Waals surface area contributed by atoms with E-state index < -0.39 is 5.54 Å². The molecule has 1 rings (SSSR count). The van der Waals surface area contributed by atoms with Gasteiger partial charge in [0, 0.05) is 13.0 Å². The zero-order chi connectivity index (χ0) is 14.1. The number of hydrogen-bond acceptors (Lipinski definition) is 4. The highest BCUT2D eigenvalue weighted by Crippen LogP contribution is 2.32. The molecule has 19 heavy (non-hydrogen) atoms. The molecule has 0 aromatic rings. The molecule has 0 spiro atoms. The molecule has 2 atom stereocenters. The molecule has 4 nitrogen and oxygen atoms in total. The van der Waals surface area contributed by atoms with Crippen molar-refractivity contribution in [1.29, 1.82) is 0 Å². The third-order valence-corrected chi connectivity index (χ3v) is 4.13. The Morgan fingerprint density at radius 3 is 2.68 bits per heavy atom. The Kier molecular flexibility index (Phi) is 7.39. The summed E-state index contributed by atoms with van der Waals surface area (Å²) >= 11 is 0. The van der Waals surface area contributed by atoms with Crippen LogP contribution in [0.25, 0.3) is 0 Å². The van der Waals surface area contributed by atoms with Crippen LogP contribution in [0.3, 0.4) is 0 Å². The maximum atomic E-state index is 11.8. The molecule has 0 radical (unpaired) electrons. The fraction of sp³-hybridized carbons (Fsp3) is 0.933. The third kappa shape index (κ3) is 4.77. The number of ether oxygens (including phenoxy) is 2. The van der Waals surface area contributed by atoms with Gasteiger partial charge in [-0.25, -0.2) is 0 Å². The number of hydrogen-bond donors (Lipinski definition) is 1. The number of esters is 1. The Morgan fingerprint density at radius 1 is 1.32 bits per heavy atom. The van der Waals surface area contributed by atoms with Gasteiger partial charge in [-0.3, -0.25) is 4.79 Å². The van der Waals surface area contributed by atoms with Crippen molar-refractivity contribution in [1.82, 2.24) is 5.32 Å². The van der Waals surface area contributed by atoms with E-state index in [4.69, 9.17) is 9.47 Å². The second-order valence-corrected chi connectivity index (χ2v) is 5.47. The summed E-state index contributed by atoms with van der Waals surface area (Å²) in [5.74, 6) is -0.163. The lowest BCUT2D eigenvalue weighted by molar-refractivity contribution is -0.148. The average Bonchev–Trinajstić information content (AvgIpc) is 2.86. The molecule has 0 aliphatic heterocycles. The highest BCUT2D eigenvalue weighted by atomic mass is 16.5. The summed E-state index contributed by atoms with van der Waals surface area (Å²) < 4.78 is 10.8. The Balaban J connectivity index is 2.22. The van der Waals surface area contributed by atoms with Gasteiger partial charge >= 0.3 is 5.97 Å². The maximum absolute atomic E-state index is 11.8. The second kappa shape index (κ2) is 8.54. The molecule has 1 N–H and O–H groups in total. The SMILES string of the molecule is CCCCCCCOC1CCC(NC)(C(=O)OC)C1.